The summed E-state index contributed by atoms with van der Waals surface area (Å²) in [5.74, 6) is 0.834. The first-order valence-electron chi connectivity index (χ1n) is 11.8. The maximum absolute atomic E-state index is 12.9. The number of rotatable bonds is 10. The zero-order valence-electron chi connectivity index (χ0n) is 18.7. The lowest BCUT2D eigenvalue weighted by molar-refractivity contribution is 0.0681. The Kier molecular flexibility index (Phi) is 8.23. The van der Waals surface area contributed by atoms with Crippen LogP contribution in [0.4, 0.5) is 0 Å². The first kappa shape index (κ1) is 23.6. The smallest absolute Gasteiger partial charge is 0.252 e. The van der Waals surface area contributed by atoms with Crippen molar-refractivity contribution in [1.29, 1.82) is 0 Å². The standard InChI is InChI=1S/C25H39ClN2O2/c1-24(2,30)13-15-27-14-5-8-19-9-10-22(26)21(16-19)23(29)28-18-25-11-3-6-20(17-25)7-4-12-25/h9-10,16,20,27,30H,3-8,11-15,17-18H2,1-2H3,(H,28,29). The molecule has 2 aliphatic rings. The molecule has 0 saturated heterocycles. The first-order valence-corrected chi connectivity index (χ1v) is 12.1. The quantitative estimate of drug-likeness (QED) is 0.448. The molecule has 0 spiro atoms. The highest BCUT2D eigenvalue weighted by Crippen LogP contribution is 2.48. The maximum atomic E-state index is 12.9. The number of hydrogen-bond donors (Lipinski definition) is 3. The summed E-state index contributed by atoms with van der Waals surface area (Å²) >= 11 is 6.36. The fourth-order valence-electron chi connectivity index (χ4n) is 5.27. The van der Waals surface area contributed by atoms with E-state index in [2.05, 4.69) is 10.6 Å². The second kappa shape index (κ2) is 10.5. The van der Waals surface area contributed by atoms with Crippen LogP contribution >= 0.6 is 11.6 Å². The summed E-state index contributed by atoms with van der Waals surface area (Å²) in [6, 6.07) is 5.82. The topological polar surface area (TPSA) is 61.4 Å². The summed E-state index contributed by atoms with van der Waals surface area (Å²) in [4.78, 5) is 12.9. The van der Waals surface area contributed by atoms with Crippen molar-refractivity contribution in [2.24, 2.45) is 11.3 Å². The summed E-state index contributed by atoms with van der Waals surface area (Å²) in [7, 11) is 0. The van der Waals surface area contributed by atoms with Crippen LogP contribution in [0.3, 0.4) is 0 Å². The average Bonchev–Trinajstić information content (AvgIpc) is 2.69. The molecular weight excluding hydrogens is 396 g/mol. The van der Waals surface area contributed by atoms with Gasteiger partial charge in [0.15, 0.2) is 0 Å². The Labute approximate surface area is 187 Å². The van der Waals surface area contributed by atoms with Crippen molar-refractivity contribution in [3.8, 4) is 0 Å². The highest BCUT2D eigenvalue weighted by molar-refractivity contribution is 6.33. The largest absolute Gasteiger partial charge is 0.390 e. The van der Waals surface area contributed by atoms with Crippen LogP contribution in [-0.2, 0) is 6.42 Å². The lowest BCUT2D eigenvalue weighted by Crippen LogP contribution is -2.43. The van der Waals surface area contributed by atoms with Crippen LogP contribution in [0, 0.1) is 11.3 Å². The maximum Gasteiger partial charge on any atom is 0.252 e. The normalized spacial score (nSPS) is 23.9. The van der Waals surface area contributed by atoms with E-state index in [0.29, 0.717) is 16.0 Å². The zero-order chi connectivity index (χ0) is 21.6. The van der Waals surface area contributed by atoms with E-state index in [1.54, 1.807) is 0 Å². The number of fused-ring (bicyclic) bond motifs is 2. The molecule has 3 N–H and O–H groups in total. The van der Waals surface area contributed by atoms with Crippen LogP contribution in [0.2, 0.25) is 5.02 Å². The number of carbonyl (C=O) groups excluding carboxylic acids is 1. The highest BCUT2D eigenvalue weighted by atomic mass is 35.5. The molecule has 2 bridgehead atoms. The Morgan fingerprint density at radius 3 is 2.67 bits per heavy atom. The van der Waals surface area contributed by atoms with Gasteiger partial charge < -0.3 is 15.7 Å². The van der Waals surface area contributed by atoms with Gasteiger partial charge in [0.2, 0.25) is 0 Å². The van der Waals surface area contributed by atoms with E-state index < -0.39 is 5.60 Å². The second-order valence-electron chi connectivity index (χ2n) is 10.3. The minimum atomic E-state index is -0.624. The van der Waals surface area contributed by atoms with Crippen LogP contribution in [0.25, 0.3) is 0 Å². The second-order valence-corrected chi connectivity index (χ2v) is 10.7. The molecule has 1 aromatic rings. The van der Waals surface area contributed by atoms with Gasteiger partial charge in [0.05, 0.1) is 16.2 Å². The summed E-state index contributed by atoms with van der Waals surface area (Å²) in [5, 5.41) is 16.9. The molecule has 2 saturated carbocycles. The van der Waals surface area contributed by atoms with Crippen LogP contribution in [0.15, 0.2) is 18.2 Å². The van der Waals surface area contributed by atoms with Gasteiger partial charge in [0.25, 0.3) is 5.91 Å². The monoisotopic (exact) mass is 434 g/mol. The number of carbonyl (C=O) groups is 1. The minimum Gasteiger partial charge on any atom is -0.390 e. The third-order valence-corrected chi connectivity index (χ3v) is 7.32. The Bertz CT molecular complexity index is 704. The molecule has 1 amide bonds. The predicted molar refractivity (Wildman–Crippen MR) is 124 cm³/mol. The van der Waals surface area contributed by atoms with Crippen LogP contribution in [0.5, 0.6) is 0 Å². The summed E-state index contributed by atoms with van der Waals surface area (Å²) in [6.45, 7) is 6.14. The van der Waals surface area contributed by atoms with Gasteiger partial charge in [-0.15, -0.1) is 0 Å². The van der Waals surface area contributed by atoms with E-state index in [1.165, 1.54) is 44.9 Å². The van der Waals surface area contributed by atoms with Crippen LogP contribution in [-0.4, -0.2) is 36.2 Å². The number of aliphatic hydroxyl groups is 1. The summed E-state index contributed by atoms with van der Waals surface area (Å²) in [6.07, 6.45) is 11.8. The van der Waals surface area contributed by atoms with Gasteiger partial charge in [-0.2, -0.15) is 0 Å². The minimum absolute atomic E-state index is 0.0350. The summed E-state index contributed by atoms with van der Waals surface area (Å²) < 4.78 is 0. The van der Waals surface area contributed by atoms with E-state index in [-0.39, 0.29) is 5.91 Å². The van der Waals surface area contributed by atoms with Crippen molar-refractivity contribution in [2.45, 2.75) is 83.7 Å². The van der Waals surface area contributed by atoms with Gasteiger partial charge >= 0.3 is 0 Å². The van der Waals surface area contributed by atoms with Crippen LogP contribution in [0.1, 0.15) is 87.6 Å². The molecule has 3 rings (SSSR count). The number of amides is 1. The van der Waals surface area contributed by atoms with E-state index in [4.69, 9.17) is 11.6 Å². The first-order chi connectivity index (χ1) is 14.3. The predicted octanol–water partition coefficient (Wildman–Crippen LogP) is 5.11. The average molecular weight is 435 g/mol. The Balaban J connectivity index is 1.47. The SMILES string of the molecule is CC(C)(O)CCNCCCc1ccc(Cl)c(C(=O)NCC23CCCC(CCC2)C3)c1. The lowest BCUT2D eigenvalue weighted by atomic mass is 9.62. The van der Waals surface area contributed by atoms with Gasteiger partial charge in [-0.1, -0.05) is 43.4 Å². The van der Waals surface area contributed by atoms with Crippen molar-refractivity contribution >= 4 is 17.5 Å². The van der Waals surface area contributed by atoms with Gasteiger partial charge in [-0.05, 0) is 94.5 Å². The fourth-order valence-corrected chi connectivity index (χ4v) is 5.48. The third kappa shape index (κ3) is 6.96. The molecule has 168 valence electrons. The molecular formula is C25H39ClN2O2. The summed E-state index contributed by atoms with van der Waals surface area (Å²) in [5.41, 5.74) is 1.43. The Morgan fingerprint density at radius 1 is 1.23 bits per heavy atom. The molecule has 2 aliphatic carbocycles. The van der Waals surface area contributed by atoms with Crippen molar-refractivity contribution in [2.75, 3.05) is 19.6 Å². The van der Waals surface area contributed by atoms with Gasteiger partial charge in [0, 0.05) is 6.54 Å². The number of aryl methyl sites for hydroxylation is 1. The zero-order valence-corrected chi connectivity index (χ0v) is 19.5. The molecule has 0 atom stereocenters. The van der Waals surface area contributed by atoms with Gasteiger partial charge in [-0.3, -0.25) is 4.79 Å². The third-order valence-electron chi connectivity index (χ3n) is 6.99. The Hall–Kier alpha value is -1.10. The number of benzene rings is 1. The molecule has 0 aromatic heterocycles. The van der Waals surface area contributed by atoms with E-state index in [0.717, 1.165) is 50.4 Å². The van der Waals surface area contributed by atoms with Gasteiger partial charge in [-0.25, -0.2) is 0 Å². The van der Waals surface area contributed by atoms with Crippen molar-refractivity contribution in [1.82, 2.24) is 10.6 Å². The Morgan fingerprint density at radius 2 is 1.97 bits per heavy atom. The fraction of sp³-hybridized carbons (Fsp3) is 0.720. The molecule has 4 nitrogen and oxygen atoms in total. The molecule has 0 radical (unpaired) electrons. The molecule has 1 aromatic carbocycles. The number of nitrogens with one attached hydrogen (secondary N) is 2. The molecule has 0 heterocycles. The molecule has 0 unspecified atom stereocenters. The highest BCUT2D eigenvalue weighted by Gasteiger charge is 2.39. The lowest BCUT2D eigenvalue weighted by Gasteiger charge is -2.45. The van der Waals surface area contributed by atoms with Crippen molar-refractivity contribution in [3.05, 3.63) is 34.3 Å². The molecule has 30 heavy (non-hydrogen) atoms. The molecule has 5 heteroatoms. The van der Waals surface area contributed by atoms with Crippen molar-refractivity contribution in [3.63, 3.8) is 0 Å². The number of hydrogen-bond acceptors (Lipinski definition) is 3. The van der Waals surface area contributed by atoms with E-state index in [1.807, 2.05) is 32.0 Å². The van der Waals surface area contributed by atoms with Crippen LogP contribution < -0.4 is 10.6 Å². The number of halogens is 1. The van der Waals surface area contributed by atoms with Crippen molar-refractivity contribution < 1.29 is 9.90 Å². The van der Waals surface area contributed by atoms with Gasteiger partial charge in [0.1, 0.15) is 0 Å². The van der Waals surface area contributed by atoms with E-state index >= 15 is 0 Å². The van der Waals surface area contributed by atoms with E-state index in [9.17, 15) is 9.90 Å². The molecule has 2 fully saturated rings. The molecule has 0 aliphatic heterocycles.